The highest BCUT2D eigenvalue weighted by molar-refractivity contribution is 5.81. The number of nitrogens with zero attached hydrogens (tertiary/aromatic N) is 2. The number of likely N-dealkylation sites (N-methyl/N-ethyl adjacent to an activating group) is 2. The first-order chi connectivity index (χ1) is 7.41. The van der Waals surface area contributed by atoms with Crippen molar-refractivity contribution in [2.75, 3.05) is 38.3 Å². The monoisotopic (exact) mass is 221 g/mol. The maximum atomic E-state index is 11.6. The Labute approximate surface area is 96.6 Å². The van der Waals surface area contributed by atoms with Gasteiger partial charge in [-0.1, -0.05) is 6.07 Å². The van der Waals surface area contributed by atoms with Gasteiger partial charge in [-0.3, -0.25) is 4.79 Å². The van der Waals surface area contributed by atoms with E-state index in [9.17, 15) is 4.79 Å². The highest BCUT2D eigenvalue weighted by Gasteiger charge is 2.11. The Hall–Kier alpha value is -1.71. The van der Waals surface area contributed by atoms with Crippen LogP contribution in [0.2, 0.25) is 0 Å². The summed E-state index contributed by atoms with van der Waals surface area (Å²) in [7, 11) is 5.40. The number of hydrogen-bond donors (Lipinski definition) is 1. The molecule has 4 nitrogen and oxygen atoms in total. The van der Waals surface area contributed by atoms with E-state index in [0.29, 0.717) is 12.2 Å². The number of carbonyl (C=O) groups is 1. The quantitative estimate of drug-likeness (QED) is 0.778. The number of benzene rings is 1. The molecule has 0 aromatic heterocycles. The van der Waals surface area contributed by atoms with Crippen molar-refractivity contribution in [3.05, 3.63) is 23.8 Å². The van der Waals surface area contributed by atoms with Gasteiger partial charge in [0.25, 0.3) is 0 Å². The molecule has 0 aliphatic rings. The molecule has 1 aromatic carbocycles. The molecular formula is C12H19N3O. The molecule has 0 fully saturated rings. The van der Waals surface area contributed by atoms with Gasteiger partial charge >= 0.3 is 0 Å². The summed E-state index contributed by atoms with van der Waals surface area (Å²) in [6, 6.07) is 5.71. The number of rotatable bonds is 3. The molecule has 0 aliphatic heterocycles. The van der Waals surface area contributed by atoms with Crippen LogP contribution >= 0.6 is 0 Å². The predicted molar refractivity (Wildman–Crippen MR) is 67.6 cm³/mol. The van der Waals surface area contributed by atoms with Crippen LogP contribution in [0.5, 0.6) is 0 Å². The molecule has 88 valence electrons. The maximum Gasteiger partial charge on any atom is 0.241 e. The average molecular weight is 221 g/mol. The van der Waals surface area contributed by atoms with E-state index in [4.69, 9.17) is 5.73 Å². The number of amides is 1. The second kappa shape index (κ2) is 4.88. The fraction of sp³-hybridized carbons (Fsp3) is 0.417. The lowest BCUT2D eigenvalue weighted by Gasteiger charge is -2.23. The normalized spacial score (nSPS) is 10.0. The van der Waals surface area contributed by atoms with Crippen LogP contribution in [-0.4, -0.2) is 38.5 Å². The summed E-state index contributed by atoms with van der Waals surface area (Å²) in [6.07, 6.45) is 0. The second-order valence-corrected chi connectivity index (χ2v) is 4.19. The molecule has 1 aromatic rings. The van der Waals surface area contributed by atoms with Crippen molar-refractivity contribution in [2.24, 2.45) is 0 Å². The Morgan fingerprint density at radius 2 is 1.94 bits per heavy atom. The highest BCUT2D eigenvalue weighted by atomic mass is 16.2. The molecule has 0 saturated heterocycles. The Morgan fingerprint density at radius 3 is 2.50 bits per heavy atom. The summed E-state index contributed by atoms with van der Waals surface area (Å²) in [4.78, 5) is 15.1. The van der Waals surface area contributed by atoms with E-state index < -0.39 is 0 Å². The molecule has 16 heavy (non-hydrogen) atoms. The minimum absolute atomic E-state index is 0.0734. The summed E-state index contributed by atoms with van der Waals surface area (Å²) in [5.41, 5.74) is 8.56. The number of nitrogen functional groups attached to an aromatic ring is 1. The Bertz CT molecular complexity index is 388. The molecule has 2 N–H and O–H groups in total. The molecule has 0 aliphatic carbocycles. The lowest BCUT2D eigenvalue weighted by molar-refractivity contribution is -0.127. The highest BCUT2D eigenvalue weighted by Crippen LogP contribution is 2.21. The molecule has 0 unspecified atom stereocenters. The minimum atomic E-state index is 0.0734. The lowest BCUT2D eigenvalue weighted by atomic mass is 10.1. The van der Waals surface area contributed by atoms with Gasteiger partial charge in [-0.05, 0) is 24.6 Å². The molecule has 0 radical (unpaired) electrons. The first-order valence-electron chi connectivity index (χ1n) is 5.19. The third-order valence-electron chi connectivity index (χ3n) is 2.52. The largest absolute Gasteiger partial charge is 0.399 e. The summed E-state index contributed by atoms with van der Waals surface area (Å²) >= 11 is 0. The van der Waals surface area contributed by atoms with Crippen LogP contribution in [0.1, 0.15) is 5.56 Å². The molecule has 4 heteroatoms. The molecule has 0 bridgehead atoms. The van der Waals surface area contributed by atoms with Crippen molar-refractivity contribution in [2.45, 2.75) is 6.92 Å². The summed E-state index contributed by atoms with van der Waals surface area (Å²) in [5.74, 6) is 0.0734. The SMILES string of the molecule is Cc1ccc(N)cc1N(C)CC(=O)N(C)C. The van der Waals surface area contributed by atoms with Gasteiger partial charge in [0.1, 0.15) is 0 Å². The van der Waals surface area contributed by atoms with Gasteiger partial charge in [0.05, 0.1) is 6.54 Å². The average Bonchev–Trinajstić information content (AvgIpc) is 2.21. The Kier molecular flexibility index (Phi) is 3.77. The van der Waals surface area contributed by atoms with Gasteiger partial charge in [0.2, 0.25) is 5.91 Å². The van der Waals surface area contributed by atoms with Crippen LogP contribution < -0.4 is 10.6 Å². The van der Waals surface area contributed by atoms with Crippen molar-refractivity contribution in [1.82, 2.24) is 4.90 Å². The van der Waals surface area contributed by atoms with E-state index in [1.165, 1.54) is 0 Å². The van der Waals surface area contributed by atoms with Crippen LogP contribution in [0.25, 0.3) is 0 Å². The van der Waals surface area contributed by atoms with E-state index >= 15 is 0 Å². The zero-order chi connectivity index (χ0) is 12.3. The van der Waals surface area contributed by atoms with E-state index in [2.05, 4.69) is 0 Å². The predicted octanol–water partition coefficient (Wildman–Crippen LogP) is 1.10. The zero-order valence-corrected chi connectivity index (χ0v) is 10.3. The van der Waals surface area contributed by atoms with Crippen molar-refractivity contribution >= 4 is 17.3 Å². The third-order valence-corrected chi connectivity index (χ3v) is 2.52. The molecule has 0 saturated carbocycles. The molecule has 0 spiro atoms. The minimum Gasteiger partial charge on any atom is -0.399 e. The first kappa shape index (κ1) is 12.4. The number of anilines is 2. The van der Waals surface area contributed by atoms with Crippen LogP contribution in [-0.2, 0) is 4.79 Å². The third kappa shape index (κ3) is 2.89. The Balaban J connectivity index is 2.84. The molecule has 1 rings (SSSR count). The van der Waals surface area contributed by atoms with E-state index in [1.807, 2.05) is 37.1 Å². The fourth-order valence-electron chi connectivity index (χ4n) is 1.47. The lowest BCUT2D eigenvalue weighted by Crippen LogP contribution is -2.34. The summed E-state index contributed by atoms with van der Waals surface area (Å²) < 4.78 is 0. The van der Waals surface area contributed by atoms with Crippen molar-refractivity contribution in [3.63, 3.8) is 0 Å². The zero-order valence-electron chi connectivity index (χ0n) is 10.3. The number of aryl methyl sites for hydroxylation is 1. The van der Waals surface area contributed by atoms with Gasteiger partial charge < -0.3 is 15.5 Å². The van der Waals surface area contributed by atoms with Crippen molar-refractivity contribution in [1.29, 1.82) is 0 Å². The number of hydrogen-bond acceptors (Lipinski definition) is 3. The number of carbonyl (C=O) groups excluding carboxylic acids is 1. The second-order valence-electron chi connectivity index (χ2n) is 4.19. The maximum absolute atomic E-state index is 11.6. The summed E-state index contributed by atoms with van der Waals surface area (Å²) in [5, 5.41) is 0. The molecule has 0 heterocycles. The molecular weight excluding hydrogens is 202 g/mol. The topological polar surface area (TPSA) is 49.6 Å². The Morgan fingerprint density at radius 1 is 1.31 bits per heavy atom. The standard InChI is InChI=1S/C12H19N3O/c1-9-5-6-10(13)7-11(9)15(4)8-12(16)14(2)3/h5-7H,8,13H2,1-4H3. The van der Waals surface area contributed by atoms with Gasteiger partial charge in [0.15, 0.2) is 0 Å². The van der Waals surface area contributed by atoms with E-state index in [-0.39, 0.29) is 5.91 Å². The van der Waals surface area contributed by atoms with E-state index in [0.717, 1.165) is 11.3 Å². The number of nitrogens with two attached hydrogens (primary N) is 1. The smallest absolute Gasteiger partial charge is 0.241 e. The summed E-state index contributed by atoms with van der Waals surface area (Å²) in [6.45, 7) is 2.36. The van der Waals surface area contributed by atoms with Crippen LogP contribution in [0.4, 0.5) is 11.4 Å². The van der Waals surface area contributed by atoms with Gasteiger partial charge in [-0.25, -0.2) is 0 Å². The molecule has 0 atom stereocenters. The molecule has 1 amide bonds. The van der Waals surface area contributed by atoms with Crippen LogP contribution in [0, 0.1) is 6.92 Å². The van der Waals surface area contributed by atoms with Crippen molar-refractivity contribution in [3.8, 4) is 0 Å². The van der Waals surface area contributed by atoms with Crippen molar-refractivity contribution < 1.29 is 4.79 Å². The van der Waals surface area contributed by atoms with Crippen LogP contribution in [0.3, 0.4) is 0 Å². The fourth-order valence-corrected chi connectivity index (χ4v) is 1.47. The first-order valence-corrected chi connectivity index (χ1v) is 5.19. The van der Waals surface area contributed by atoms with Gasteiger partial charge in [0, 0.05) is 32.5 Å². The van der Waals surface area contributed by atoms with Gasteiger partial charge in [-0.15, -0.1) is 0 Å². The van der Waals surface area contributed by atoms with Crippen LogP contribution in [0.15, 0.2) is 18.2 Å². The van der Waals surface area contributed by atoms with Gasteiger partial charge in [-0.2, -0.15) is 0 Å². The van der Waals surface area contributed by atoms with E-state index in [1.54, 1.807) is 19.0 Å².